The van der Waals surface area contributed by atoms with Crippen molar-refractivity contribution >= 4 is 35.1 Å². The number of aromatic hydroxyl groups is 1. The molecule has 1 aliphatic rings. The fraction of sp³-hybridized carbons (Fsp3) is 0.208. The summed E-state index contributed by atoms with van der Waals surface area (Å²) in [4.78, 5) is 14.7. The van der Waals surface area contributed by atoms with Crippen molar-refractivity contribution in [1.29, 1.82) is 0 Å². The van der Waals surface area contributed by atoms with Gasteiger partial charge in [-0.2, -0.15) is 0 Å². The zero-order chi connectivity index (χ0) is 23.9. The Balaban J connectivity index is 1.89. The van der Waals surface area contributed by atoms with Crippen molar-refractivity contribution in [2.24, 2.45) is 0 Å². The van der Waals surface area contributed by atoms with E-state index in [0.717, 1.165) is 23.6 Å². The average molecular weight is 491 g/mol. The monoisotopic (exact) mass is 490 g/mol. The van der Waals surface area contributed by atoms with E-state index in [1.807, 2.05) is 13.0 Å². The molecule has 172 valence electrons. The summed E-state index contributed by atoms with van der Waals surface area (Å²) < 4.78 is 38.3. The number of amides is 1. The fourth-order valence-electron chi connectivity index (χ4n) is 3.62. The third-order valence-corrected chi connectivity index (χ3v) is 6.38. The molecule has 0 fully saturated rings. The van der Waals surface area contributed by atoms with Gasteiger partial charge >= 0.3 is 0 Å². The topological polar surface area (TPSA) is 61.8 Å². The number of hydrogen-bond acceptors (Lipinski definition) is 5. The highest BCUT2D eigenvalue weighted by Gasteiger charge is 2.22. The maximum atomic E-state index is 14.9. The number of halogens is 3. The van der Waals surface area contributed by atoms with Crippen molar-refractivity contribution in [3.05, 3.63) is 70.2 Å². The predicted octanol–water partition coefficient (Wildman–Crippen LogP) is 6.27. The molecule has 1 atom stereocenters. The molecule has 0 saturated heterocycles. The summed E-state index contributed by atoms with van der Waals surface area (Å²) in [6.07, 6.45) is -0.437. The highest BCUT2D eigenvalue weighted by Crippen LogP contribution is 2.40. The van der Waals surface area contributed by atoms with Crippen LogP contribution in [0.1, 0.15) is 22.8 Å². The standard InChI is InChI=1S/C24H21ClF2N2O3S/c1-12-4-5-21-16(6-12)15-9-20(19(27)10-18(15)26)28-33-22-8-14(7-17(25)23(22)30)24(31)29(3)11-13(2)32-21/h4-10,13,28,30H,11H2,1-3H3. The number of benzene rings is 3. The highest BCUT2D eigenvalue weighted by molar-refractivity contribution is 8.00. The largest absolute Gasteiger partial charge is 0.505 e. The van der Waals surface area contributed by atoms with Crippen LogP contribution in [0.15, 0.2) is 47.4 Å². The lowest BCUT2D eigenvalue weighted by atomic mass is 10.0. The predicted molar refractivity (Wildman–Crippen MR) is 126 cm³/mol. The summed E-state index contributed by atoms with van der Waals surface area (Å²) >= 11 is 7.00. The number of phenolic OH excluding ortho intramolecular Hbond substituents is 1. The summed E-state index contributed by atoms with van der Waals surface area (Å²) in [6.45, 7) is 3.90. The Labute approximate surface area is 199 Å². The molecule has 9 heteroatoms. The van der Waals surface area contributed by atoms with Gasteiger partial charge in [-0.15, -0.1) is 0 Å². The number of fused-ring (bicyclic) bond motifs is 6. The molecule has 2 N–H and O–H groups in total. The Bertz CT molecular complexity index is 1250. The van der Waals surface area contributed by atoms with Gasteiger partial charge in [-0.25, -0.2) is 8.78 Å². The summed E-state index contributed by atoms with van der Waals surface area (Å²) in [7, 11) is 1.63. The Morgan fingerprint density at radius 3 is 2.67 bits per heavy atom. The Morgan fingerprint density at radius 1 is 1.15 bits per heavy atom. The van der Waals surface area contributed by atoms with Gasteiger partial charge < -0.3 is 19.5 Å². The number of anilines is 1. The molecule has 4 rings (SSSR count). The number of carbonyl (C=O) groups is 1. The van der Waals surface area contributed by atoms with Gasteiger partial charge in [-0.3, -0.25) is 4.79 Å². The van der Waals surface area contributed by atoms with E-state index in [1.54, 1.807) is 26.1 Å². The quantitative estimate of drug-likeness (QED) is 0.363. The lowest BCUT2D eigenvalue weighted by molar-refractivity contribution is 0.0727. The van der Waals surface area contributed by atoms with Crippen molar-refractivity contribution in [2.45, 2.75) is 24.8 Å². The second-order valence-corrected chi connectivity index (χ2v) is 9.19. The van der Waals surface area contributed by atoms with Gasteiger partial charge in [0.25, 0.3) is 5.91 Å². The second-order valence-electron chi connectivity index (χ2n) is 7.93. The maximum absolute atomic E-state index is 14.9. The molecule has 1 unspecified atom stereocenters. The van der Waals surface area contributed by atoms with Crippen LogP contribution in [0.25, 0.3) is 11.1 Å². The van der Waals surface area contributed by atoms with Crippen LogP contribution in [-0.4, -0.2) is 35.6 Å². The van der Waals surface area contributed by atoms with Crippen molar-refractivity contribution in [2.75, 3.05) is 18.3 Å². The Hall–Kier alpha value is -2.97. The van der Waals surface area contributed by atoms with Gasteiger partial charge in [0, 0.05) is 29.8 Å². The number of carbonyl (C=O) groups excluding carboxylic acids is 1. The number of nitrogens with one attached hydrogen (secondary N) is 1. The highest BCUT2D eigenvalue weighted by atomic mass is 35.5. The van der Waals surface area contributed by atoms with Crippen LogP contribution in [-0.2, 0) is 0 Å². The molecule has 0 spiro atoms. The van der Waals surface area contributed by atoms with Gasteiger partial charge in [-0.1, -0.05) is 23.2 Å². The first-order valence-electron chi connectivity index (χ1n) is 10.1. The summed E-state index contributed by atoms with van der Waals surface area (Å²) in [5.41, 5.74) is 1.74. The molecule has 33 heavy (non-hydrogen) atoms. The van der Waals surface area contributed by atoms with Gasteiger partial charge in [0.15, 0.2) is 0 Å². The zero-order valence-electron chi connectivity index (χ0n) is 18.1. The first-order valence-corrected chi connectivity index (χ1v) is 11.3. The van der Waals surface area contributed by atoms with Crippen LogP contribution < -0.4 is 9.46 Å². The molecule has 5 nitrogen and oxygen atoms in total. The van der Waals surface area contributed by atoms with E-state index in [-0.39, 0.29) is 44.9 Å². The number of ether oxygens (including phenoxy) is 1. The molecular formula is C24H21ClF2N2O3S. The summed E-state index contributed by atoms with van der Waals surface area (Å²) in [6, 6.07) is 10.3. The number of nitrogens with zero attached hydrogens (tertiary/aromatic N) is 1. The SMILES string of the molecule is Cc1ccc2c(c1)-c1cc(c(F)cc1F)NSc1cc(cc(Cl)c1O)C(=O)N(C)CC(C)O2. The normalized spacial score (nSPS) is 16.2. The van der Waals surface area contributed by atoms with Gasteiger partial charge in [0.05, 0.1) is 22.2 Å². The number of likely N-dealkylation sites (N-methyl/N-ethyl adjacent to an activating group) is 1. The number of hydrogen-bond donors (Lipinski definition) is 2. The number of phenols is 1. The minimum absolute atomic E-state index is 0.00357. The molecule has 0 aliphatic carbocycles. The first kappa shape index (κ1) is 23.2. The van der Waals surface area contributed by atoms with Crippen molar-refractivity contribution in [1.82, 2.24) is 4.90 Å². The zero-order valence-corrected chi connectivity index (χ0v) is 19.7. The van der Waals surface area contributed by atoms with Crippen LogP contribution in [0.5, 0.6) is 11.5 Å². The van der Waals surface area contributed by atoms with Gasteiger partial charge in [0.2, 0.25) is 0 Å². The molecule has 0 radical (unpaired) electrons. The van der Waals surface area contributed by atoms with Gasteiger partial charge in [-0.05, 0) is 56.1 Å². The van der Waals surface area contributed by atoms with E-state index < -0.39 is 17.7 Å². The van der Waals surface area contributed by atoms with Crippen LogP contribution in [0.3, 0.4) is 0 Å². The summed E-state index contributed by atoms with van der Waals surface area (Å²) in [5, 5.41) is 10.3. The molecule has 1 aliphatic heterocycles. The maximum Gasteiger partial charge on any atom is 0.253 e. The molecule has 1 amide bonds. The van der Waals surface area contributed by atoms with E-state index in [2.05, 4.69) is 4.72 Å². The minimum Gasteiger partial charge on any atom is -0.505 e. The first-order chi connectivity index (χ1) is 15.6. The van der Waals surface area contributed by atoms with Crippen molar-refractivity contribution in [3.8, 4) is 22.6 Å². The van der Waals surface area contributed by atoms with Crippen molar-refractivity contribution < 1.29 is 23.4 Å². The molecule has 4 bridgehead atoms. The second kappa shape index (κ2) is 9.11. The smallest absolute Gasteiger partial charge is 0.253 e. The summed E-state index contributed by atoms with van der Waals surface area (Å²) in [5.74, 6) is -1.72. The van der Waals surface area contributed by atoms with Crippen molar-refractivity contribution in [3.63, 3.8) is 0 Å². The van der Waals surface area contributed by atoms with Crippen LogP contribution in [0.4, 0.5) is 14.5 Å². The molecule has 0 saturated carbocycles. The molecular weight excluding hydrogens is 470 g/mol. The van der Waals surface area contributed by atoms with E-state index >= 15 is 0 Å². The Kier molecular flexibility index (Phi) is 6.41. The van der Waals surface area contributed by atoms with Gasteiger partial charge in [0.1, 0.15) is 29.2 Å². The van der Waals surface area contributed by atoms with Crippen LogP contribution >= 0.6 is 23.5 Å². The Morgan fingerprint density at radius 2 is 1.91 bits per heavy atom. The molecule has 0 aromatic heterocycles. The minimum atomic E-state index is -0.811. The molecule has 1 heterocycles. The van der Waals surface area contributed by atoms with E-state index in [4.69, 9.17) is 16.3 Å². The third kappa shape index (κ3) is 4.72. The van der Waals surface area contributed by atoms with E-state index in [9.17, 15) is 18.7 Å². The molecule has 3 aromatic rings. The van der Waals surface area contributed by atoms with E-state index in [1.165, 1.54) is 23.1 Å². The lowest BCUT2D eigenvalue weighted by Crippen LogP contribution is -2.35. The van der Waals surface area contributed by atoms with E-state index in [0.29, 0.717) is 11.3 Å². The van der Waals surface area contributed by atoms with Crippen LogP contribution in [0, 0.1) is 18.6 Å². The van der Waals surface area contributed by atoms with Crippen LogP contribution in [0.2, 0.25) is 5.02 Å². The third-order valence-electron chi connectivity index (χ3n) is 5.23. The molecule has 3 aromatic carbocycles. The number of aryl methyl sites for hydroxylation is 1. The number of rotatable bonds is 0. The fourth-order valence-corrected chi connectivity index (χ4v) is 4.66. The average Bonchev–Trinajstić information content (AvgIpc) is 2.76. The lowest BCUT2D eigenvalue weighted by Gasteiger charge is -2.24.